The first-order valence-electron chi connectivity index (χ1n) is 6.43. The molecule has 0 spiro atoms. The highest BCUT2D eigenvalue weighted by molar-refractivity contribution is 5.69. The Morgan fingerprint density at radius 2 is 2.11 bits per heavy atom. The zero-order chi connectivity index (χ0) is 13.2. The van der Waals surface area contributed by atoms with Gasteiger partial charge in [0.05, 0.1) is 11.3 Å². The number of rotatable bonds is 2. The van der Waals surface area contributed by atoms with E-state index in [2.05, 4.69) is 30.2 Å². The fourth-order valence-corrected chi connectivity index (χ4v) is 2.42. The summed E-state index contributed by atoms with van der Waals surface area (Å²) in [5.41, 5.74) is 7.32. The largest absolute Gasteiger partial charge is 0.395 e. The van der Waals surface area contributed by atoms with E-state index in [1.807, 2.05) is 0 Å². The molecular formula is C14H20N4. The molecule has 1 aromatic heterocycles. The molecule has 4 nitrogen and oxygen atoms in total. The number of nitriles is 1. The lowest BCUT2D eigenvalue weighted by Gasteiger charge is -2.35. The van der Waals surface area contributed by atoms with Crippen molar-refractivity contribution in [2.75, 3.05) is 11.1 Å². The molecule has 0 amide bonds. The van der Waals surface area contributed by atoms with Crippen LogP contribution in [-0.4, -0.2) is 11.0 Å². The molecule has 1 aromatic rings. The van der Waals surface area contributed by atoms with Gasteiger partial charge in [0, 0.05) is 12.2 Å². The minimum Gasteiger partial charge on any atom is -0.395 e. The molecule has 4 heteroatoms. The van der Waals surface area contributed by atoms with E-state index < -0.39 is 0 Å². The topological polar surface area (TPSA) is 74.7 Å². The number of nitrogens with one attached hydrogen (secondary N) is 1. The van der Waals surface area contributed by atoms with E-state index in [0.29, 0.717) is 28.5 Å². The smallest absolute Gasteiger partial charge is 0.150 e. The summed E-state index contributed by atoms with van der Waals surface area (Å²) in [4.78, 5) is 4.23. The van der Waals surface area contributed by atoms with Gasteiger partial charge in [-0.2, -0.15) is 5.26 Å². The van der Waals surface area contributed by atoms with Gasteiger partial charge >= 0.3 is 0 Å². The molecule has 1 saturated carbocycles. The summed E-state index contributed by atoms with van der Waals surface area (Å²) < 4.78 is 0. The van der Waals surface area contributed by atoms with Crippen LogP contribution in [-0.2, 0) is 0 Å². The van der Waals surface area contributed by atoms with Crippen LogP contribution in [0.5, 0.6) is 0 Å². The number of hydrogen-bond acceptors (Lipinski definition) is 4. The summed E-state index contributed by atoms with van der Waals surface area (Å²) >= 11 is 0. The minimum atomic E-state index is 0.418. The van der Waals surface area contributed by atoms with Gasteiger partial charge in [0.1, 0.15) is 6.07 Å². The van der Waals surface area contributed by atoms with Gasteiger partial charge in [0.15, 0.2) is 5.82 Å². The Balaban J connectivity index is 2.05. The van der Waals surface area contributed by atoms with E-state index in [9.17, 15) is 0 Å². The van der Waals surface area contributed by atoms with Gasteiger partial charge in [-0.1, -0.05) is 13.8 Å². The van der Waals surface area contributed by atoms with Crippen LogP contribution < -0.4 is 11.1 Å². The van der Waals surface area contributed by atoms with Crippen LogP contribution in [0, 0.1) is 16.7 Å². The lowest BCUT2D eigenvalue weighted by atomic mass is 9.75. The van der Waals surface area contributed by atoms with Crippen molar-refractivity contribution >= 4 is 11.5 Å². The third-order valence-electron chi connectivity index (χ3n) is 3.79. The van der Waals surface area contributed by atoms with Crippen molar-refractivity contribution in [3.8, 4) is 6.07 Å². The summed E-state index contributed by atoms with van der Waals surface area (Å²) in [6.45, 7) is 4.62. The predicted octanol–water partition coefficient (Wildman–Crippen LogP) is 2.92. The fraction of sp³-hybridized carbons (Fsp3) is 0.571. The van der Waals surface area contributed by atoms with Crippen LogP contribution in [0.2, 0.25) is 0 Å². The third-order valence-corrected chi connectivity index (χ3v) is 3.79. The molecule has 1 aliphatic carbocycles. The first-order valence-corrected chi connectivity index (χ1v) is 6.43. The van der Waals surface area contributed by atoms with Crippen LogP contribution in [0.15, 0.2) is 12.3 Å². The van der Waals surface area contributed by atoms with Crippen LogP contribution in [0.25, 0.3) is 0 Å². The Kier molecular flexibility index (Phi) is 3.42. The maximum absolute atomic E-state index is 8.93. The number of pyridine rings is 1. The van der Waals surface area contributed by atoms with E-state index in [0.717, 1.165) is 12.8 Å². The third kappa shape index (κ3) is 2.73. The van der Waals surface area contributed by atoms with E-state index >= 15 is 0 Å². The second-order valence-electron chi connectivity index (χ2n) is 5.82. The minimum absolute atomic E-state index is 0.418. The van der Waals surface area contributed by atoms with E-state index in [-0.39, 0.29) is 0 Å². The molecule has 1 heterocycles. The van der Waals surface area contributed by atoms with E-state index in [1.165, 1.54) is 12.8 Å². The zero-order valence-electron chi connectivity index (χ0n) is 11.0. The normalized spacial score (nSPS) is 19.2. The Morgan fingerprint density at radius 3 is 2.72 bits per heavy atom. The number of aromatic nitrogens is 1. The highest BCUT2D eigenvalue weighted by atomic mass is 15.0. The van der Waals surface area contributed by atoms with Crippen molar-refractivity contribution in [3.63, 3.8) is 0 Å². The van der Waals surface area contributed by atoms with E-state index in [1.54, 1.807) is 12.3 Å². The summed E-state index contributed by atoms with van der Waals surface area (Å²) in [6.07, 6.45) is 6.31. The molecule has 3 N–H and O–H groups in total. The first kappa shape index (κ1) is 12.7. The lowest BCUT2D eigenvalue weighted by molar-refractivity contribution is 0.232. The van der Waals surface area contributed by atoms with Crippen molar-refractivity contribution in [1.82, 2.24) is 4.98 Å². The fourth-order valence-electron chi connectivity index (χ4n) is 2.42. The summed E-state index contributed by atoms with van der Waals surface area (Å²) in [7, 11) is 0. The highest BCUT2D eigenvalue weighted by Crippen LogP contribution is 2.36. The standard InChI is InChI=1S/C14H20N4/c1-14(2)6-3-11(4-7-14)18-13-12(16)10(9-15)5-8-17-13/h5,8,11H,3-4,6-7,16H2,1-2H3,(H,17,18). The number of hydrogen-bond donors (Lipinski definition) is 2. The Morgan fingerprint density at radius 1 is 1.44 bits per heavy atom. The molecule has 18 heavy (non-hydrogen) atoms. The van der Waals surface area contributed by atoms with E-state index in [4.69, 9.17) is 11.0 Å². The predicted molar refractivity (Wildman–Crippen MR) is 73.0 cm³/mol. The number of nitrogen functional groups attached to an aromatic ring is 1. The van der Waals surface area contributed by atoms with Crippen LogP contribution in [0.4, 0.5) is 11.5 Å². The van der Waals surface area contributed by atoms with Crippen molar-refractivity contribution in [2.24, 2.45) is 5.41 Å². The molecule has 0 aromatic carbocycles. The van der Waals surface area contributed by atoms with Gasteiger partial charge in [0.2, 0.25) is 0 Å². The molecule has 0 radical (unpaired) electrons. The Bertz CT molecular complexity index is 463. The Labute approximate surface area is 108 Å². The number of nitrogens with zero attached hydrogens (tertiary/aromatic N) is 2. The number of anilines is 2. The molecule has 0 aliphatic heterocycles. The maximum atomic E-state index is 8.93. The van der Waals surface area contributed by atoms with Crippen LogP contribution in [0.1, 0.15) is 45.1 Å². The second-order valence-corrected chi connectivity index (χ2v) is 5.82. The molecular weight excluding hydrogens is 224 g/mol. The average molecular weight is 244 g/mol. The Hall–Kier alpha value is -1.76. The molecule has 0 atom stereocenters. The van der Waals surface area contributed by atoms with Gasteiger partial charge in [-0.15, -0.1) is 0 Å². The molecule has 2 rings (SSSR count). The summed E-state index contributed by atoms with van der Waals surface area (Å²) in [5.74, 6) is 0.652. The van der Waals surface area contributed by atoms with Gasteiger partial charge < -0.3 is 11.1 Å². The summed E-state index contributed by atoms with van der Waals surface area (Å²) in [5, 5.41) is 12.3. The molecule has 96 valence electrons. The quantitative estimate of drug-likeness (QED) is 0.838. The first-order chi connectivity index (χ1) is 8.52. The zero-order valence-corrected chi connectivity index (χ0v) is 11.0. The maximum Gasteiger partial charge on any atom is 0.150 e. The van der Waals surface area contributed by atoms with Gasteiger partial charge in [0.25, 0.3) is 0 Å². The molecule has 0 bridgehead atoms. The van der Waals surface area contributed by atoms with Crippen LogP contribution >= 0.6 is 0 Å². The van der Waals surface area contributed by atoms with Crippen LogP contribution in [0.3, 0.4) is 0 Å². The van der Waals surface area contributed by atoms with Crippen molar-refractivity contribution in [2.45, 2.75) is 45.6 Å². The molecule has 1 fully saturated rings. The van der Waals surface area contributed by atoms with Crippen molar-refractivity contribution < 1.29 is 0 Å². The molecule has 0 saturated heterocycles. The van der Waals surface area contributed by atoms with Gasteiger partial charge in [-0.25, -0.2) is 4.98 Å². The average Bonchev–Trinajstić information content (AvgIpc) is 2.34. The monoisotopic (exact) mass is 244 g/mol. The molecule has 0 unspecified atom stereocenters. The molecule has 1 aliphatic rings. The number of nitrogens with two attached hydrogens (primary N) is 1. The van der Waals surface area contributed by atoms with Gasteiger partial charge in [-0.05, 0) is 37.2 Å². The van der Waals surface area contributed by atoms with Crippen molar-refractivity contribution in [1.29, 1.82) is 5.26 Å². The highest BCUT2D eigenvalue weighted by Gasteiger charge is 2.27. The summed E-state index contributed by atoms with van der Waals surface area (Å²) in [6, 6.07) is 4.14. The second kappa shape index (κ2) is 4.85. The van der Waals surface area contributed by atoms with Crippen molar-refractivity contribution in [3.05, 3.63) is 17.8 Å². The lowest BCUT2D eigenvalue weighted by Crippen LogP contribution is -2.30. The van der Waals surface area contributed by atoms with Gasteiger partial charge in [-0.3, -0.25) is 0 Å². The SMILES string of the molecule is CC1(C)CCC(Nc2nccc(C#N)c2N)CC1.